The van der Waals surface area contributed by atoms with Crippen LogP contribution in [0.5, 0.6) is 0 Å². The van der Waals surface area contributed by atoms with E-state index in [2.05, 4.69) is 9.71 Å². The van der Waals surface area contributed by atoms with E-state index in [1.54, 1.807) is 0 Å². The summed E-state index contributed by atoms with van der Waals surface area (Å²) < 4.78 is 68.7. The fourth-order valence-corrected chi connectivity index (χ4v) is 8.29. The molecule has 0 spiro atoms. The van der Waals surface area contributed by atoms with Gasteiger partial charge in [0.05, 0.1) is 22.1 Å². The van der Waals surface area contributed by atoms with Crippen LogP contribution in [-0.2, 0) is 42.3 Å². The molecule has 2 aliphatic rings. The van der Waals surface area contributed by atoms with Gasteiger partial charge in [-0.3, -0.25) is 14.4 Å². The number of Topliss-reactive ketones (excluding diaryl/α,β-unsaturated/α-hetero) is 1. The molecule has 15 heteroatoms. The summed E-state index contributed by atoms with van der Waals surface area (Å²) >= 11 is 6.59. The van der Waals surface area contributed by atoms with E-state index < -0.39 is 55.4 Å². The maximum absolute atomic E-state index is 15.1. The second kappa shape index (κ2) is 9.62. The van der Waals surface area contributed by atoms with Crippen LogP contribution >= 0.6 is 22.9 Å². The van der Waals surface area contributed by atoms with Crippen LogP contribution in [0.4, 0.5) is 15.8 Å². The molecule has 0 bridgehead atoms. The molecule has 39 heavy (non-hydrogen) atoms. The van der Waals surface area contributed by atoms with Gasteiger partial charge in [0, 0.05) is 12.0 Å². The third-order valence-electron chi connectivity index (χ3n) is 5.94. The summed E-state index contributed by atoms with van der Waals surface area (Å²) in [6, 6.07) is 8.57. The van der Waals surface area contributed by atoms with Crippen LogP contribution in [-0.4, -0.2) is 46.0 Å². The lowest BCUT2D eigenvalue weighted by Gasteiger charge is -2.29. The number of nitrogens with zero attached hydrogens (tertiary/aromatic N) is 2. The van der Waals surface area contributed by atoms with Crippen molar-refractivity contribution < 1.29 is 35.6 Å². The molecule has 2 aliphatic heterocycles. The summed E-state index contributed by atoms with van der Waals surface area (Å²) in [4.78, 5) is 38.9. The van der Waals surface area contributed by atoms with Crippen molar-refractivity contribution in [2.24, 2.45) is 4.40 Å². The zero-order valence-corrected chi connectivity index (χ0v) is 23.1. The summed E-state index contributed by atoms with van der Waals surface area (Å²) in [5.74, 6) is -4.02. The molecule has 202 valence electrons. The SMILES string of the molecule is CC1=NS(=O)(=O)c2cc3c(cc2N1)CC(=O)N(c1ccc(CC(=O)CS(=O)(=O)c2ccc(Cl)s2)cc1F)C3=O. The zero-order chi connectivity index (χ0) is 28.3. The Morgan fingerprint density at radius 3 is 2.59 bits per heavy atom. The van der Waals surface area contributed by atoms with Gasteiger partial charge < -0.3 is 5.32 Å². The lowest BCUT2D eigenvalue weighted by molar-refractivity contribution is -0.118. The first kappa shape index (κ1) is 27.1. The number of imide groups is 1. The van der Waals surface area contributed by atoms with Crippen molar-refractivity contribution in [3.63, 3.8) is 0 Å². The van der Waals surface area contributed by atoms with Gasteiger partial charge in [-0.2, -0.15) is 8.42 Å². The molecule has 0 saturated heterocycles. The number of sulfone groups is 1. The van der Waals surface area contributed by atoms with E-state index in [0.29, 0.717) is 4.90 Å². The number of amidine groups is 1. The van der Waals surface area contributed by atoms with Crippen LogP contribution in [0.3, 0.4) is 0 Å². The van der Waals surface area contributed by atoms with E-state index in [-0.39, 0.29) is 53.8 Å². The quantitative estimate of drug-likeness (QED) is 0.418. The number of carbonyl (C=O) groups is 3. The Hall–Kier alpha value is -3.46. The van der Waals surface area contributed by atoms with E-state index in [0.717, 1.165) is 29.5 Å². The van der Waals surface area contributed by atoms with Gasteiger partial charge in [0.15, 0.2) is 15.6 Å². The van der Waals surface area contributed by atoms with Crippen LogP contribution in [0.15, 0.2) is 56.0 Å². The summed E-state index contributed by atoms with van der Waals surface area (Å²) in [5.41, 5.74) is 0.108. The molecule has 3 heterocycles. The standard InChI is InChI=1S/C24H17ClFN3O7S3/c1-12-27-18-8-14-9-22(31)29(24(32)16(14)10-20(18)39(35,36)28-12)19-3-2-13(7-17(19)26)6-15(30)11-38(33,34)23-5-4-21(25)37-23/h2-5,7-8,10H,6,9,11H2,1H3,(H,27,28). The Labute approximate surface area is 231 Å². The number of halogens is 2. The highest BCUT2D eigenvalue weighted by atomic mass is 35.5. The minimum absolute atomic E-state index is 0.0587. The second-order valence-corrected chi connectivity index (χ2v) is 14.3. The average molecular weight is 610 g/mol. The van der Waals surface area contributed by atoms with Gasteiger partial charge in [0.2, 0.25) is 5.91 Å². The van der Waals surface area contributed by atoms with Crippen molar-refractivity contribution in [2.75, 3.05) is 16.0 Å². The molecule has 2 amide bonds. The molecule has 0 unspecified atom stereocenters. The van der Waals surface area contributed by atoms with Gasteiger partial charge in [-0.05, 0) is 54.4 Å². The molecule has 0 saturated carbocycles. The van der Waals surface area contributed by atoms with E-state index in [1.165, 1.54) is 31.2 Å². The maximum Gasteiger partial charge on any atom is 0.286 e. The minimum Gasteiger partial charge on any atom is -0.342 e. The Balaban J connectivity index is 1.39. The number of hydrogen-bond donors (Lipinski definition) is 1. The highest BCUT2D eigenvalue weighted by Gasteiger charge is 2.37. The number of sulfonamides is 1. The maximum atomic E-state index is 15.1. The summed E-state index contributed by atoms with van der Waals surface area (Å²) in [7, 11) is -8.00. The number of anilines is 2. The van der Waals surface area contributed by atoms with Gasteiger partial charge in [0.25, 0.3) is 15.9 Å². The molecule has 0 radical (unpaired) electrons. The average Bonchev–Trinajstić information content (AvgIpc) is 3.26. The first-order chi connectivity index (χ1) is 18.2. The predicted molar refractivity (Wildman–Crippen MR) is 142 cm³/mol. The molecule has 1 N–H and O–H groups in total. The van der Waals surface area contributed by atoms with Crippen LogP contribution in [0.25, 0.3) is 0 Å². The van der Waals surface area contributed by atoms with Crippen LogP contribution in [0, 0.1) is 5.82 Å². The Morgan fingerprint density at radius 2 is 1.92 bits per heavy atom. The zero-order valence-electron chi connectivity index (χ0n) is 19.9. The third kappa shape index (κ3) is 5.12. The molecule has 1 aromatic heterocycles. The summed E-state index contributed by atoms with van der Waals surface area (Å²) in [5, 5.41) is 2.80. The van der Waals surface area contributed by atoms with E-state index >= 15 is 4.39 Å². The highest BCUT2D eigenvalue weighted by Crippen LogP contribution is 2.35. The number of rotatable bonds is 6. The number of thiophene rings is 1. The van der Waals surface area contributed by atoms with Gasteiger partial charge in [-0.1, -0.05) is 17.7 Å². The van der Waals surface area contributed by atoms with E-state index in [4.69, 9.17) is 11.6 Å². The Morgan fingerprint density at radius 1 is 1.18 bits per heavy atom. The monoisotopic (exact) mass is 609 g/mol. The largest absolute Gasteiger partial charge is 0.342 e. The minimum atomic E-state index is -4.08. The lowest BCUT2D eigenvalue weighted by atomic mass is 9.96. The Kier molecular flexibility index (Phi) is 6.69. The fourth-order valence-electron chi connectivity index (χ4n) is 4.32. The molecule has 0 fully saturated rings. The first-order valence-electron chi connectivity index (χ1n) is 11.2. The van der Waals surface area contributed by atoms with Crippen LogP contribution in [0.1, 0.15) is 28.4 Å². The molecule has 5 rings (SSSR count). The Bertz CT molecular complexity index is 1850. The predicted octanol–water partition coefficient (Wildman–Crippen LogP) is 3.39. The summed E-state index contributed by atoms with van der Waals surface area (Å²) in [6.45, 7) is 1.46. The normalized spacial score (nSPS) is 16.3. The number of benzene rings is 2. The first-order valence-corrected chi connectivity index (χ1v) is 15.4. The number of carbonyl (C=O) groups excluding carboxylic acids is 3. The van der Waals surface area contributed by atoms with Gasteiger partial charge in [0.1, 0.15) is 26.5 Å². The number of hydrogen-bond acceptors (Lipinski definition) is 9. The number of ketones is 1. The van der Waals surface area contributed by atoms with Crippen LogP contribution in [0.2, 0.25) is 4.34 Å². The van der Waals surface area contributed by atoms with Crippen molar-refractivity contribution in [1.29, 1.82) is 0 Å². The molecule has 0 aliphatic carbocycles. The molecule has 2 aromatic carbocycles. The van der Waals surface area contributed by atoms with Crippen molar-refractivity contribution in [1.82, 2.24) is 0 Å². The van der Waals surface area contributed by atoms with Crippen molar-refractivity contribution >= 4 is 77.6 Å². The van der Waals surface area contributed by atoms with Gasteiger partial charge in [-0.25, -0.2) is 17.7 Å². The van der Waals surface area contributed by atoms with E-state index in [1.807, 2.05) is 0 Å². The van der Waals surface area contributed by atoms with E-state index in [9.17, 15) is 31.2 Å². The fraction of sp³-hybridized carbons (Fsp3) is 0.167. The van der Waals surface area contributed by atoms with Gasteiger partial charge in [-0.15, -0.1) is 15.7 Å². The molecule has 3 aromatic rings. The third-order valence-corrected chi connectivity index (χ3v) is 10.8. The molecular weight excluding hydrogens is 593 g/mol. The second-order valence-electron chi connectivity index (χ2n) is 8.81. The van der Waals surface area contributed by atoms with Gasteiger partial charge >= 0.3 is 0 Å². The summed E-state index contributed by atoms with van der Waals surface area (Å²) in [6.07, 6.45) is -0.701. The van der Waals surface area contributed by atoms with Crippen molar-refractivity contribution in [2.45, 2.75) is 28.9 Å². The molecular formula is C24H17ClFN3O7S3. The van der Waals surface area contributed by atoms with Crippen LogP contribution < -0.4 is 10.2 Å². The number of fused-ring (bicyclic) bond motifs is 2. The molecule has 10 nitrogen and oxygen atoms in total. The number of amides is 2. The van der Waals surface area contributed by atoms with Crippen molar-refractivity contribution in [3.8, 4) is 0 Å². The number of nitrogens with one attached hydrogen (secondary N) is 1. The van der Waals surface area contributed by atoms with Crippen molar-refractivity contribution in [3.05, 3.63) is 69.3 Å². The lowest BCUT2D eigenvalue weighted by Crippen LogP contribution is -2.43. The highest BCUT2D eigenvalue weighted by molar-refractivity contribution is 7.94. The smallest absolute Gasteiger partial charge is 0.286 e. The molecule has 0 atom stereocenters. The topological polar surface area (TPSA) is 147 Å².